The third-order valence-electron chi connectivity index (χ3n) is 2.07. The minimum absolute atomic E-state index is 0.108. The molecule has 0 aliphatic rings. The minimum atomic E-state index is -0.141. The van der Waals surface area contributed by atoms with Crippen LogP contribution in [0.1, 0.15) is 17.5 Å². The smallest absolute Gasteiger partial charge is 0.111 e. The topological polar surface area (TPSA) is 59.1 Å². The zero-order valence-electron chi connectivity index (χ0n) is 7.68. The lowest BCUT2D eigenvalue weighted by molar-refractivity contribution is 0.276. The van der Waals surface area contributed by atoms with Crippen molar-refractivity contribution in [3.05, 3.63) is 29.3 Å². The second kappa shape index (κ2) is 4.04. The van der Waals surface area contributed by atoms with Gasteiger partial charge in [0.1, 0.15) is 5.01 Å². The Labute approximate surface area is 86.2 Å². The highest BCUT2D eigenvalue weighted by molar-refractivity contribution is 7.18. The average Bonchev–Trinajstić information content (AvgIpc) is 2.61. The average molecular weight is 208 g/mol. The molecule has 0 saturated heterocycles. The number of nitrogens with zero attached hydrogens (tertiary/aromatic N) is 1. The molecule has 0 spiro atoms. The molecule has 1 unspecified atom stereocenters. The molecule has 0 bridgehead atoms. The van der Waals surface area contributed by atoms with Gasteiger partial charge >= 0.3 is 0 Å². The maximum absolute atomic E-state index is 8.77. The molecular weight excluding hydrogens is 196 g/mol. The SMILES string of the molecule is NC(CCO)c1nc2ccccc2s1. The van der Waals surface area contributed by atoms with Gasteiger partial charge in [-0.15, -0.1) is 11.3 Å². The van der Waals surface area contributed by atoms with Gasteiger partial charge in [-0.1, -0.05) is 12.1 Å². The highest BCUT2D eigenvalue weighted by Gasteiger charge is 2.10. The van der Waals surface area contributed by atoms with Crippen molar-refractivity contribution in [1.82, 2.24) is 4.98 Å². The Kier molecular flexibility index (Phi) is 2.77. The third-order valence-corrected chi connectivity index (χ3v) is 3.24. The molecule has 4 heteroatoms. The zero-order chi connectivity index (χ0) is 9.97. The first-order valence-electron chi connectivity index (χ1n) is 4.53. The quantitative estimate of drug-likeness (QED) is 0.806. The normalized spacial score (nSPS) is 13.3. The van der Waals surface area contributed by atoms with Crippen LogP contribution in [0.15, 0.2) is 24.3 Å². The molecule has 1 heterocycles. The summed E-state index contributed by atoms with van der Waals surface area (Å²) < 4.78 is 1.15. The summed E-state index contributed by atoms with van der Waals surface area (Å²) in [4.78, 5) is 4.41. The summed E-state index contributed by atoms with van der Waals surface area (Å²) in [7, 11) is 0. The van der Waals surface area contributed by atoms with Crippen LogP contribution in [0.5, 0.6) is 0 Å². The van der Waals surface area contributed by atoms with Crippen LogP contribution in [0.4, 0.5) is 0 Å². The molecule has 1 aromatic carbocycles. The molecule has 1 aromatic heterocycles. The van der Waals surface area contributed by atoms with Gasteiger partial charge in [-0.05, 0) is 18.6 Å². The predicted octanol–water partition coefficient (Wildman–Crippen LogP) is 1.68. The van der Waals surface area contributed by atoms with Crippen molar-refractivity contribution in [2.75, 3.05) is 6.61 Å². The highest BCUT2D eigenvalue weighted by atomic mass is 32.1. The van der Waals surface area contributed by atoms with Crippen molar-refractivity contribution in [3.8, 4) is 0 Å². The lowest BCUT2D eigenvalue weighted by Gasteiger charge is -2.03. The Morgan fingerprint density at radius 2 is 2.21 bits per heavy atom. The van der Waals surface area contributed by atoms with Crippen LogP contribution in [0, 0.1) is 0 Å². The van der Waals surface area contributed by atoms with Crippen LogP contribution < -0.4 is 5.73 Å². The lowest BCUT2D eigenvalue weighted by Crippen LogP contribution is -2.11. The van der Waals surface area contributed by atoms with Gasteiger partial charge in [-0.25, -0.2) is 4.98 Å². The Morgan fingerprint density at radius 1 is 1.43 bits per heavy atom. The third kappa shape index (κ3) is 1.77. The highest BCUT2D eigenvalue weighted by Crippen LogP contribution is 2.26. The number of hydrogen-bond donors (Lipinski definition) is 2. The van der Waals surface area contributed by atoms with E-state index in [2.05, 4.69) is 4.98 Å². The van der Waals surface area contributed by atoms with E-state index < -0.39 is 0 Å². The molecule has 0 aliphatic carbocycles. The molecule has 2 aromatic rings. The van der Waals surface area contributed by atoms with Gasteiger partial charge in [-0.2, -0.15) is 0 Å². The Balaban J connectivity index is 2.35. The number of fused-ring (bicyclic) bond motifs is 1. The lowest BCUT2D eigenvalue weighted by atomic mass is 10.2. The zero-order valence-corrected chi connectivity index (χ0v) is 8.50. The molecule has 0 saturated carbocycles. The molecule has 0 aliphatic heterocycles. The van der Waals surface area contributed by atoms with E-state index in [4.69, 9.17) is 10.8 Å². The molecule has 0 radical (unpaired) electrons. The van der Waals surface area contributed by atoms with Crippen molar-refractivity contribution < 1.29 is 5.11 Å². The molecule has 0 fully saturated rings. The maximum Gasteiger partial charge on any atom is 0.111 e. The van der Waals surface area contributed by atoms with E-state index >= 15 is 0 Å². The number of hydrogen-bond acceptors (Lipinski definition) is 4. The second-order valence-electron chi connectivity index (χ2n) is 3.14. The first-order valence-corrected chi connectivity index (χ1v) is 5.35. The molecule has 3 N–H and O–H groups in total. The predicted molar refractivity (Wildman–Crippen MR) is 58.3 cm³/mol. The van der Waals surface area contributed by atoms with Crippen molar-refractivity contribution >= 4 is 21.6 Å². The molecule has 14 heavy (non-hydrogen) atoms. The largest absolute Gasteiger partial charge is 0.396 e. The molecule has 2 rings (SSSR count). The fraction of sp³-hybridized carbons (Fsp3) is 0.300. The molecule has 3 nitrogen and oxygen atoms in total. The molecular formula is C10H12N2OS. The summed E-state index contributed by atoms with van der Waals surface area (Å²) in [5.74, 6) is 0. The van der Waals surface area contributed by atoms with Crippen molar-refractivity contribution in [3.63, 3.8) is 0 Å². The number of thiazole rings is 1. The van der Waals surface area contributed by atoms with Crippen LogP contribution >= 0.6 is 11.3 Å². The summed E-state index contributed by atoms with van der Waals surface area (Å²) in [5, 5.41) is 9.67. The van der Waals surface area contributed by atoms with E-state index in [1.807, 2.05) is 24.3 Å². The maximum atomic E-state index is 8.77. The Morgan fingerprint density at radius 3 is 2.93 bits per heavy atom. The van der Waals surface area contributed by atoms with Crippen LogP contribution in [-0.2, 0) is 0 Å². The number of aromatic nitrogens is 1. The molecule has 74 valence electrons. The summed E-state index contributed by atoms with van der Waals surface area (Å²) in [6.45, 7) is 0.108. The fourth-order valence-electron chi connectivity index (χ4n) is 1.31. The van der Waals surface area contributed by atoms with E-state index in [-0.39, 0.29) is 12.6 Å². The van der Waals surface area contributed by atoms with E-state index in [9.17, 15) is 0 Å². The Hall–Kier alpha value is -0.970. The number of nitrogens with two attached hydrogens (primary N) is 1. The van der Waals surface area contributed by atoms with Crippen molar-refractivity contribution in [2.45, 2.75) is 12.5 Å². The number of rotatable bonds is 3. The van der Waals surface area contributed by atoms with Gasteiger partial charge in [0.05, 0.1) is 16.3 Å². The fourth-order valence-corrected chi connectivity index (χ4v) is 2.31. The summed E-state index contributed by atoms with van der Waals surface area (Å²) in [5.41, 5.74) is 6.84. The minimum Gasteiger partial charge on any atom is -0.396 e. The van der Waals surface area contributed by atoms with Gasteiger partial charge in [0.2, 0.25) is 0 Å². The van der Waals surface area contributed by atoms with E-state index in [0.29, 0.717) is 6.42 Å². The first kappa shape index (κ1) is 9.58. The van der Waals surface area contributed by atoms with Crippen molar-refractivity contribution in [2.24, 2.45) is 5.73 Å². The number of benzene rings is 1. The monoisotopic (exact) mass is 208 g/mol. The van der Waals surface area contributed by atoms with E-state index in [1.165, 1.54) is 0 Å². The van der Waals surface area contributed by atoms with Gasteiger partial charge < -0.3 is 10.8 Å². The van der Waals surface area contributed by atoms with Crippen LogP contribution in [0.2, 0.25) is 0 Å². The van der Waals surface area contributed by atoms with Gasteiger partial charge in [0.15, 0.2) is 0 Å². The van der Waals surface area contributed by atoms with Gasteiger partial charge in [0, 0.05) is 6.61 Å². The van der Waals surface area contributed by atoms with E-state index in [0.717, 1.165) is 15.2 Å². The number of aliphatic hydroxyl groups excluding tert-OH is 1. The van der Waals surface area contributed by atoms with Gasteiger partial charge in [0.25, 0.3) is 0 Å². The first-order chi connectivity index (χ1) is 6.81. The summed E-state index contributed by atoms with van der Waals surface area (Å²) in [6, 6.07) is 7.81. The van der Waals surface area contributed by atoms with Crippen LogP contribution in [0.3, 0.4) is 0 Å². The molecule has 0 amide bonds. The second-order valence-corrected chi connectivity index (χ2v) is 4.20. The van der Waals surface area contributed by atoms with Crippen LogP contribution in [0.25, 0.3) is 10.2 Å². The summed E-state index contributed by atoms with van der Waals surface area (Å²) in [6.07, 6.45) is 0.569. The Bertz CT molecular complexity index is 394. The van der Waals surface area contributed by atoms with Gasteiger partial charge in [-0.3, -0.25) is 0 Å². The number of para-hydroxylation sites is 1. The summed E-state index contributed by atoms with van der Waals surface area (Å²) >= 11 is 1.60. The van der Waals surface area contributed by atoms with Crippen LogP contribution in [-0.4, -0.2) is 16.7 Å². The number of aliphatic hydroxyl groups is 1. The van der Waals surface area contributed by atoms with Crippen molar-refractivity contribution in [1.29, 1.82) is 0 Å². The van der Waals surface area contributed by atoms with E-state index in [1.54, 1.807) is 11.3 Å². The molecule has 1 atom stereocenters. The standard InChI is InChI=1S/C10H12N2OS/c11-7(5-6-13)10-12-8-3-1-2-4-9(8)14-10/h1-4,7,13H,5-6,11H2.